The van der Waals surface area contributed by atoms with Crippen molar-refractivity contribution in [3.63, 3.8) is 0 Å². The number of β-lactam (4-membered cyclic amide) rings is 1. The molecule has 1 aromatic carbocycles. The number of methoxy groups -OCH3 is 1. The Morgan fingerprint density at radius 1 is 1.38 bits per heavy atom. The number of rotatable bonds is 3. The molecule has 0 atom stereocenters. The van der Waals surface area contributed by atoms with Crippen LogP contribution in [-0.4, -0.2) is 24.5 Å². The van der Waals surface area contributed by atoms with Gasteiger partial charge in [-0.25, -0.2) is 0 Å². The molecule has 1 aromatic rings. The van der Waals surface area contributed by atoms with E-state index >= 15 is 0 Å². The number of benzene rings is 1. The topological polar surface area (TPSA) is 29.5 Å². The lowest BCUT2D eigenvalue weighted by Gasteiger charge is -2.33. The first-order chi connectivity index (χ1) is 7.74. The number of carbonyl (C=O) groups excluding carboxylic acids is 1. The Morgan fingerprint density at radius 3 is 2.56 bits per heavy atom. The van der Waals surface area contributed by atoms with E-state index in [-0.39, 0.29) is 5.91 Å². The average Bonchev–Trinajstić information content (AvgIpc) is 2.34. The van der Waals surface area contributed by atoms with Crippen molar-refractivity contribution in [2.24, 2.45) is 0 Å². The quantitative estimate of drug-likeness (QED) is 0.572. The molecule has 0 saturated carbocycles. The van der Waals surface area contributed by atoms with Crippen LogP contribution in [0.2, 0.25) is 0 Å². The number of ether oxygens (including phenoxy) is 1. The van der Waals surface area contributed by atoms with E-state index in [1.807, 2.05) is 42.2 Å². The highest BCUT2D eigenvalue weighted by Gasteiger charge is 2.29. The van der Waals surface area contributed by atoms with E-state index in [0.29, 0.717) is 6.54 Å². The predicted molar refractivity (Wildman–Crippen MR) is 62.2 cm³/mol. The van der Waals surface area contributed by atoms with Crippen LogP contribution < -0.4 is 4.74 Å². The van der Waals surface area contributed by atoms with Gasteiger partial charge in [-0.1, -0.05) is 18.2 Å². The van der Waals surface area contributed by atoms with Gasteiger partial charge in [0.15, 0.2) is 0 Å². The lowest BCUT2D eigenvalue weighted by molar-refractivity contribution is -0.133. The normalized spacial score (nSPS) is 17.5. The molecule has 1 fully saturated rings. The highest BCUT2D eigenvalue weighted by atomic mass is 16.5. The monoisotopic (exact) mass is 217 g/mol. The van der Waals surface area contributed by atoms with Crippen LogP contribution in [-0.2, 0) is 11.3 Å². The molecular weight excluding hydrogens is 202 g/mol. The molecule has 0 spiro atoms. The van der Waals surface area contributed by atoms with Crippen molar-refractivity contribution in [2.45, 2.75) is 13.5 Å². The molecule has 1 saturated heterocycles. The fraction of sp³-hybridized carbons (Fsp3) is 0.308. The van der Waals surface area contributed by atoms with E-state index in [1.54, 1.807) is 7.11 Å². The summed E-state index contributed by atoms with van der Waals surface area (Å²) in [6.07, 6.45) is 1.88. The van der Waals surface area contributed by atoms with Crippen LogP contribution in [0, 0.1) is 0 Å². The summed E-state index contributed by atoms with van der Waals surface area (Å²) in [4.78, 5) is 13.4. The molecule has 3 nitrogen and oxygen atoms in total. The van der Waals surface area contributed by atoms with Gasteiger partial charge in [-0.3, -0.25) is 4.79 Å². The van der Waals surface area contributed by atoms with E-state index in [4.69, 9.17) is 4.74 Å². The maximum Gasteiger partial charge on any atom is 0.251 e. The Morgan fingerprint density at radius 2 is 2.06 bits per heavy atom. The van der Waals surface area contributed by atoms with Gasteiger partial charge in [0.25, 0.3) is 5.91 Å². The van der Waals surface area contributed by atoms with Gasteiger partial charge in [-0.15, -0.1) is 0 Å². The second-order valence-corrected chi connectivity index (χ2v) is 3.82. The molecule has 0 unspecified atom stereocenters. The van der Waals surface area contributed by atoms with Gasteiger partial charge >= 0.3 is 0 Å². The smallest absolute Gasteiger partial charge is 0.251 e. The number of hydrogen-bond donors (Lipinski definition) is 0. The SMILES string of the molecule is CC=C1CN(Cc2ccc(OC)cc2)C1=O. The highest BCUT2D eigenvalue weighted by Crippen LogP contribution is 2.20. The molecular formula is C13H15NO2. The third kappa shape index (κ3) is 1.94. The van der Waals surface area contributed by atoms with Gasteiger partial charge in [-0.2, -0.15) is 0 Å². The van der Waals surface area contributed by atoms with E-state index in [2.05, 4.69) is 0 Å². The van der Waals surface area contributed by atoms with Crippen molar-refractivity contribution in [1.82, 2.24) is 4.90 Å². The minimum Gasteiger partial charge on any atom is -0.497 e. The van der Waals surface area contributed by atoms with Crippen molar-refractivity contribution >= 4 is 5.91 Å². The van der Waals surface area contributed by atoms with E-state index in [9.17, 15) is 4.79 Å². The van der Waals surface area contributed by atoms with E-state index < -0.39 is 0 Å². The van der Waals surface area contributed by atoms with Crippen LogP contribution in [0.4, 0.5) is 0 Å². The van der Waals surface area contributed by atoms with Crippen molar-refractivity contribution in [3.05, 3.63) is 41.5 Å². The minimum absolute atomic E-state index is 0.151. The number of allylic oxidation sites excluding steroid dienone is 1. The molecule has 0 radical (unpaired) electrons. The Labute approximate surface area is 95.3 Å². The molecule has 0 bridgehead atoms. The van der Waals surface area contributed by atoms with Crippen LogP contribution in [0.5, 0.6) is 5.75 Å². The molecule has 1 aliphatic heterocycles. The standard InChI is InChI=1S/C13H15NO2/c1-3-11-9-14(13(11)15)8-10-4-6-12(16-2)7-5-10/h3-7H,8-9H2,1-2H3. The third-order valence-corrected chi connectivity index (χ3v) is 2.80. The van der Waals surface area contributed by atoms with Crippen molar-refractivity contribution < 1.29 is 9.53 Å². The molecule has 3 heteroatoms. The average molecular weight is 217 g/mol. The number of likely N-dealkylation sites (tertiary alicyclic amines) is 1. The maximum absolute atomic E-state index is 11.6. The molecule has 0 aromatic heterocycles. The summed E-state index contributed by atoms with van der Waals surface area (Å²) in [5.74, 6) is 0.992. The number of carbonyl (C=O) groups is 1. The summed E-state index contributed by atoms with van der Waals surface area (Å²) < 4.78 is 5.08. The van der Waals surface area contributed by atoms with E-state index in [1.165, 1.54) is 0 Å². The van der Waals surface area contributed by atoms with Gasteiger partial charge in [-0.05, 0) is 24.6 Å². The molecule has 84 valence electrons. The fourth-order valence-corrected chi connectivity index (χ4v) is 1.75. The Bertz CT molecular complexity index is 420. The predicted octanol–water partition coefficient (Wildman–Crippen LogP) is 1.98. The third-order valence-electron chi connectivity index (χ3n) is 2.80. The Kier molecular flexibility index (Phi) is 2.95. The van der Waals surface area contributed by atoms with Crippen molar-refractivity contribution in [1.29, 1.82) is 0 Å². The number of amides is 1. The van der Waals surface area contributed by atoms with Gasteiger partial charge < -0.3 is 9.64 Å². The van der Waals surface area contributed by atoms with Gasteiger partial charge in [0.2, 0.25) is 0 Å². The molecule has 0 N–H and O–H groups in total. The van der Waals surface area contributed by atoms with E-state index in [0.717, 1.165) is 23.4 Å². The summed E-state index contributed by atoms with van der Waals surface area (Å²) in [5, 5.41) is 0. The molecule has 2 rings (SSSR count). The largest absolute Gasteiger partial charge is 0.497 e. The lowest BCUT2D eigenvalue weighted by atomic mass is 10.1. The molecule has 1 aliphatic rings. The summed E-state index contributed by atoms with van der Waals surface area (Å²) in [6.45, 7) is 3.35. The zero-order valence-electron chi connectivity index (χ0n) is 9.56. The molecule has 0 aliphatic carbocycles. The zero-order chi connectivity index (χ0) is 11.5. The van der Waals surface area contributed by atoms with Crippen molar-refractivity contribution in [2.75, 3.05) is 13.7 Å². The Balaban J connectivity index is 1.98. The van der Waals surface area contributed by atoms with Crippen molar-refractivity contribution in [3.8, 4) is 5.75 Å². The lowest BCUT2D eigenvalue weighted by Crippen LogP contribution is -2.45. The second kappa shape index (κ2) is 4.39. The number of nitrogens with zero attached hydrogens (tertiary/aromatic N) is 1. The first-order valence-corrected chi connectivity index (χ1v) is 5.32. The highest BCUT2D eigenvalue weighted by molar-refractivity contribution is 6.00. The fourth-order valence-electron chi connectivity index (χ4n) is 1.75. The molecule has 1 heterocycles. The summed E-state index contributed by atoms with van der Waals surface area (Å²) in [6, 6.07) is 7.80. The van der Waals surface area contributed by atoms with Crippen LogP contribution in [0.3, 0.4) is 0 Å². The van der Waals surface area contributed by atoms with Crippen LogP contribution in [0.1, 0.15) is 12.5 Å². The zero-order valence-corrected chi connectivity index (χ0v) is 9.56. The number of hydrogen-bond acceptors (Lipinski definition) is 2. The van der Waals surface area contributed by atoms with Gasteiger partial charge in [0.1, 0.15) is 5.75 Å². The minimum atomic E-state index is 0.151. The first kappa shape index (κ1) is 10.7. The van der Waals surface area contributed by atoms with Crippen LogP contribution in [0.25, 0.3) is 0 Å². The maximum atomic E-state index is 11.6. The first-order valence-electron chi connectivity index (χ1n) is 5.32. The summed E-state index contributed by atoms with van der Waals surface area (Å²) in [5.41, 5.74) is 2.04. The molecule has 1 amide bonds. The molecule has 16 heavy (non-hydrogen) atoms. The van der Waals surface area contributed by atoms with Gasteiger partial charge in [0.05, 0.1) is 13.7 Å². The van der Waals surface area contributed by atoms with Crippen LogP contribution in [0.15, 0.2) is 35.9 Å². The van der Waals surface area contributed by atoms with Gasteiger partial charge in [0, 0.05) is 12.1 Å². The summed E-state index contributed by atoms with van der Waals surface area (Å²) in [7, 11) is 1.65. The summed E-state index contributed by atoms with van der Waals surface area (Å²) >= 11 is 0. The Hall–Kier alpha value is -1.77. The second-order valence-electron chi connectivity index (χ2n) is 3.82. The van der Waals surface area contributed by atoms with Crippen LogP contribution >= 0.6 is 0 Å².